The Balaban J connectivity index is 1.74. The Labute approximate surface area is 140 Å². The zero-order valence-electron chi connectivity index (χ0n) is 13.7. The van der Waals surface area contributed by atoms with Crippen molar-refractivity contribution in [1.29, 1.82) is 0 Å². The van der Waals surface area contributed by atoms with Gasteiger partial charge in [0.05, 0.1) is 25.5 Å². The summed E-state index contributed by atoms with van der Waals surface area (Å²) >= 11 is 0. The van der Waals surface area contributed by atoms with Crippen LogP contribution in [0, 0.1) is 0 Å². The molecule has 0 saturated carbocycles. The zero-order valence-corrected chi connectivity index (χ0v) is 13.7. The molecule has 128 valence electrons. The number of amides is 1. The molecule has 7 heteroatoms. The van der Waals surface area contributed by atoms with Gasteiger partial charge in [-0.2, -0.15) is 5.10 Å². The molecule has 3 rings (SSSR count). The summed E-state index contributed by atoms with van der Waals surface area (Å²) in [5.41, 5.74) is 1.89. The zero-order chi connectivity index (χ0) is 16.9. The fourth-order valence-electron chi connectivity index (χ4n) is 2.79. The van der Waals surface area contributed by atoms with Crippen molar-refractivity contribution in [3.63, 3.8) is 0 Å². The summed E-state index contributed by atoms with van der Waals surface area (Å²) in [6, 6.07) is 9.18. The molecule has 2 aromatic rings. The van der Waals surface area contributed by atoms with Gasteiger partial charge in [-0.1, -0.05) is 12.1 Å². The van der Waals surface area contributed by atoms with Crippen molar-refractivity contribution in [2.75, 3.05) is 27.4 Å². The van der Waals surface area contributed by atoms with Crippen molar-refractivity contribution in [2.45, 2.75) is 18.6 Å². The molecule has 1 aromatic heterocycles. The number of H-pyrrole nitrogens is 1. The predicted octanol–water partition coefficient (Wildman–Crippen LogP) is 1.62. The number of nitrogens with zero attached hydrogens (tertiary/aromatic N) is 1. The summed E-state index contributed by atoms with van der Waals surface area (Å²) in [7, 11) is 3.23. The van der Waals surface area contributed by atoms with Crippen LogP contribution in [-0.2, 0) is 9.47 Å². The van der Waals surface area contributed by atoms with Gasteiger partial charge in [-0.05, 0) is 24.6 Å². The minimum absolute atomic E-state index is 0.0748. The normalized spacial score (nSPS) is 20.6. The van der Waals surface area contributed by atoms with Gasteiger partial charge in [-0.3, -0.25) is 9.89 Å². The number of aromatic amines is 1. The summed E-state index contributed by atoms with van der Waals surface area (Å²) in [4.78, 5) is 12.5. The van der Waals surface area contributed by atoms with Gasteiger partial charge in [0.2, 0.25) is 0 Å². The van der Waals surface area contributed by atoms with Gasteiger partial charge in [0.25, 0.3) is 5.91 Å². The van der Waals surface area contributed by atoms with Crippen molar-refractivity contribution in [3.05, 3.63) is 36.0 Å². The number of aromatic nitrogens is 2. The van der Waals surface area contributed by atoms with Gasteiger partial charge in [-0.25, -0.2) is 0 Å². The van der Waals surface area contributed by atoms with E-state index < -0.39 is 0 Å². The van der Waals surface area contributed by atoms with Crippen molar-refractivity contribution >= 4 is 5.91 Å². The number of ether oxygens (including phenoxy) is 3. The van der Waals surface area contributed by atoms with E-state index in [2.05, 4.69) is 15.5 Å². The molecule has 2 atom stereocenters. The molecule has 1 fully saturated rings. The predicted molar refractivity (Wildman–Crippen MR) is 88.1 cm³/mol. The lowest BCUT2D eigenvalue weighted by molar-refractivity contribution is -0.0479. The second-order valence-corrected chi connectivity index (χ2v) is 5.58. The summed E-state index contributed by atoms with van der Waals surface area (Å²) in [6.07, 6.45) is 0.580. The van der Waals surface area contributed by atoms with Crippen LogP contribution in [0.5, 0.6) is 5.75 Å². The van der Waals surface area contributed by atoms with E-state index in [1.54, 1.807) is 20.3 Å². The SMILES string of the molecule is COc1ccccc1-c1cc(C(=O)NC2CCOCC2OC)[nH]n1. The van der Waals surface area contributed by atoms with Crippen molar-refractivity contribution < 1.29 is 19.0 Å². The maximum atomic E-state index is 12.5. The average Bonchev–Trinajstić information content (AvgIpc) is 3.12. The molecule has 1 aromatic carbocycles. The van der Waals surface area contributed by atoms with Crippen molar-refractivity contribution in [1.82, 2.24) is 15.5 Å². The molecule has 1 amide bonds. The molecule has 0 spiro atoms. The summed E-state index contributed by atoms with van der Waals surface area (Å²) in [5.74, 6) is 0.498. The lowest BCUT2D eigenvalue weighted by Crippen LogP contribution is -2.49. The first-order valence-corrected chi connectivity index (χ1v) is 7.83. The van der Waals surface area contributed by atoms with Crippen LogP contribution in [-0.4, -0.2) is 55.7 Å². The Hall–Kier alpha value is -2.38. The highest BCUT2D eigenvalue weighted by Gasteiger charge is 2.27. The maximum Gasteiger partial charge on any atom is 0.269 e. The second kappa shape index (κ2) is 7.46. The van der Waals surface area contributed by atoms with Crippen LogP contribution in [0.25, 0.3) is 11.3 Å². The van der Waals surface area contributed by atoms with Gasteiger partial charge < -0.3 is 19.5 Å². The Morgan fingerprint density at radius 3 is 3.00 bits per heavy atom. The molecule has 1 aliphatic rings. The number of carbonyl (C=O) groups excluding carboxylic acids is 1. The highest BCUT2D eigenvalue weighted by molar-refractivity contribution is 5.93. The number of nitrogens with one attached hydrogen (secondary N) is 2. The van der Waals surface area contributed by atoms with Crippen LogP contribution in [0.15, 0.2) is 30.3 Å². The van der Waals surface area contributed by atoms with Gasteiger partial charge in [0, 0.05) is 19.3 Å². The van der Waals surface area contributed by atoms with Crippen molar-refractivity contribution in [3.8, 4) is 17.0 Å². The standard InChI is InChI=1S/C17H21N3O4/c1-22-15-6-4-3-5-11(15)13-9-14(20-19-13)17(21)18-12-7-8-24-10-16(12)23-2/h3-6,9,12,16H,7-8,10H2,1-2H3,(H,18,21)(H,19,20). The van der Waals surface area contributed by atoms with E-state index >= 15 is 0 Å². The fraction of sp³-hybridized carbons (Fsp3) is 0.412. The van der Waals surface area contributed by atoms with Crippen LogP contribution in [0.1, 0.15) is 16.9 Å². The number of rotatable bonds is 5. The van der Waals surface area contributed by atoms with Gasteiger partial charge in [-0.15, -0.1) is 0 Å². The second-order valence-electron chi connectivity index (χ2n) is 5.58. The number of methoxy groups -OCH3 is 2. The lowest BCUT2D eigenvalue weighted by atomic mass is 10.1. The van der Waals surface area contributed by atoms with Crippen molar-refractivity contribution in [2.24, 2.45) is 0 Å². The van der Waals surface area contributed by atoms with Crippen LogP contribution >= 0.6 is 0 Å². The molecule has 2 heterocycles. The summed E-state index contributed by atoms with van der Waals surface area (Å²) in [6.45, 7) is 1.09. The summed E-state index contributed by atoms with van der Waals surface area (Å²) < 4.78 is 16.1. The molecule has 2 unspecified atom stereocenters. The minimum atomic E-state index is -0.211. The largest absolute Gasteiger partial charge is 0.496 e. The molecule has 2 N–H and O–H groups in total. The first-order valence-electron chi connectivity index (χ1n) is 7.83. The van der Waals surface area contributed by atoms with Crippen LogP contribution in [0.4, 0.5) is 0 Å². The highest BCUT2D eigenvalue weighted by Crippen LogP contribution is 2.28. The number of carbonyl (C=O) groups is 1. The molecular formula is C17H21N3O4. The molecule has 0 bridgehead atoms. The Morgan fingerprint density at radius 1 is 1.38 bits per heavy atom. The van der Waals surface area contributed by atoms with Crippen LogP contribution in [0.2, 0.25) is 0 Å². The molecule has 7 nitrogen and oxygen atoms in total. The smallest absolute Gasteiger partial charge is 0.269 e. The molecule has 1 aliphatic heterocycles. The Kier molecular flexibility index (Phi) is 5.12. The fourth-order valence-corrected chi connectivity index (χ4v) is 2.79. The third-order valence-electron chi connectivity index (χ3n) is 4.13. The number of benzene rings is 1. The van der Waals surface area contributed by atoms with Gasteiger partial charge in [0.1, 0.15) is 17.5 Å². The van der Waals surface area contributed by atoms with E-state index in [9.17, 15) is 4.79 Å². The summed E-state index contributed by atoms with van der Waals surface area (Å²) in [5, 5.41) is 10.00. The van der Waals surface area contributed by atoms with E-state index in [0.29, 0.717) is 30.4 Å². The molecular weight excluding hydrogens is 310 g/mol. The number of para-hydroxylation sites is 1. The number of hydrogen-bond donors (Lipinski definition) is 2. The average molecular weight is 331 g/mol. The third kappa shape index (κ3) is 3.42. The van der Waals surface area contributed by atoms with E-state index in [-0.39, 0.29) is 18.1 Å². The first kappa shape index (κ1) is 16.5. The molecule has 24 heavy (non-hydrogen) atoms. The minimum Gasteiger partial charge on any atom is -0.496 e. The molecule has 1 saturated heterocycles. The molecule has 0 radical (unpaired) electrons. The number of hydrogen-bond acceptors (Lipinski definition) is 5. The van der Waals surface area contributed by atoms with Gasteiger partial charge >= 0.3 is 0 Å². The van der Waals surface area contributed by atoms with Crippen LogP contribution in [0.3, 0.4) is 0 Å². The topological polar surface area (TPSA) is 85.5 Å². The van der Waals surface area contributed by atoms with Gasteiger partial charge in [0.15, 0.2) is 0 Å². The van der Waals surface area contributed by atoms with E-state index in [4.69, 9.17) is 14.2 Å². The Bertz CT molecular complexity index is 701. The van der Waals surface area contributed by atoms with E-state index in [1.165, 1.54) is 0 Å². The Morgan fingerprint density at radius 2 is 2.21 bits per heavy atom. The maximum absolute atomic E-state index is 12.5. The third-order valence-corrected chi connectivity index (χ3v) is 4.13. The van der Waals surface area contributed by atoms with E-state index in [0.717, 1.165) is 12.0 Å². The quantitative estimate of drug-likeness (QED) is 0.869. The highest BCUT2D eigenvalue weighted by atomic mass is 16.5. The van der Waals surface area contributed by atoms with Crippen LogP contribution < -0.4 is 10.1 Å². The van der Waals surface area contributed by atoms with E-state index in [1.807, 2.05) is 24.3 Å². The first-order chi connectivity index (χ1) is 11.7. The molecule has 0 aliphatic carbocycles. The monoisotopic (exact) mass is 331 g/mol. The lowest BCUT2D eigenvalue weighted by Gasteiger charge is -2.30.